The van der Waals surface area contributed by atoms with Gasteiger partial charge in [0.2, 0.25) is 6.10 Å². The number of hydrogen-bond acceptors (Lipinski definition) is 5. The van der Waals surface area contributed by atoms with Gasteiger partial charge in [-0.2, -0.15) is 0 Å². The van der Waals surface area contributed by atoms with Crippen molar-refractivity contribution in [3.05, 3.63) is 65.7 Å². The van der Waals surface area contributed by atoms with Crippen molar-refractivity contribution in [2.24, 2.45) is 5.73 Å². The largest absolute Gasteiger partial charge is 0.491 e. The standard InChI is InChI=1S/C20H21NO5/c21-19(22)18(14-6-2-1-3-7-14)26-20(23)15-8-4-9-16(12-15)25-13-17-10-5-11-24-17/h1-4,6-9,12,17-18H,5,10-11,13H2,(H2,21,22)/t17-,18+/m1/s1. The molecule has 2 N–H and O–H groups in total. The van der Waals surface area contributed by atoms with E-state index in [1.54, 1.807) is 54.6 Å². The van der Waals surface area contributed by atoms with Gasteiger partial charge in [0.1, 0.15) is 12.4 Å². The van der Waals surface area contributed by atoms with E-state index in [4.69, 9.17) is 19.9 Å². The van der Waals surface area contributed by atoms with E-state index in [1.165, 1.54) is 0 Å². The first-order valence-corrected chi connectivity index (χ1v) is 8.53. The number of amides is 1. The monoisotopic (exact) mass is 355 g/mol. The Morgan fingerprint density at radius 1 is 1.15 bits per heavy atom. The van der Waals surface area contributed by atoms with Crippen LogP contribution in [0.4, 0.5) is 0 Å². The Morgan fingerprint density at radius 3 is 2.65 bits per heavy atom. The molecular weight excluding hydrogens is 334 g/mol. The maximum atomic E-state index is 12.4. The van der Waals surface area contributed by atoms with Crippen LogP contribution in [0.15, 0.2) is 54.6 Å². The number of carbonyl (C=O) groups excluding carboxylic acids is 2. The van der Waals surface area contributed by atoms with E-state index in [9.17, 15) is 9.59 Å². The Morgan fingerprint density at radius 2 is 1.96 bits per heavy atom. The summed E-state index contributed by atoms with van der Waals surface area (Å²) in [5, 5.41) is 0. The molecule has 0 aliphatic carbocycles. The molecule has 0 aromatic heterocycles. The third-order valence-corrected chi connectivity index (χ3v) is 4.12. The minimum atomic E-state index is -1.14. The fourth-order valence-corrected chi connectivity index (χ4v) is 2.77. The zero-order valence-electron chi connectivity index (χ0n) is 14.3. The molecule has 3 rings (SSSR count). The molecule has 6 heteroatoms. The highest BCUT2D eigenvalue weighted by Gasteiger charge is 2.23. The predicted octanol–water partition coefficient (Wildman–Crippen LogP) is 2.63. The number of nitrogens with two attached hydrogens (primary N) is 1. The maximum absolute atomic E-state index is 12.4. The lowest BCUT2D eigenvalue weighted by molar-refractivity contribution is -0.127. The number of primary amides is 1. The number of ether oxygens (including phenoxy) is 3. The molecule has 1 aliphatic heterocycles. The summed E-state index contributed by atoms with van der Waals surface area (Å²) in [7, 11) is 0. The molecule has 0 spiro atoms. The molecule has 6 nitrogen and oxygen atoms in total. The molecule has 0 radical (unpaired) electrons. The van der Waals surface area contributed by atoms with Gasteiger partial charge in [-0.15, -0.1) is 0 Å². The van der Waals surface area contributed by atoms with Crippen molar-refractivity contribution in [1.29, 1.82) is 0 Å². The fourth-order valence-electron chi connectivity index (χ4n) is 2.77. The highest BCUT2D eigenvalue weighted by Crippen LogP contribution is 2.21. The normalized spacial score (nSPS) is 17.5. The van der Waals surface area contributed by atoms with Crippen LogP contribution in [0.5, 0.6) is 5.75 Å². The van der Waals surface area contributed by atoms with Gasteiger partial charge in [0, 0.05) is 12.2 Å². The average molecular weight is 355 g/mol. The summed E-state index contributed by atoms with van der Waals surface area (Å²) in [4.78, 5) is 24.1. The van der Waals surface area contributed by atoms with Gasteiger partial charge in [0.15, 0.2) is 0 Å². The van der Waals surface area contributed by atoms with Crippen LogP contribution in [-0.4, -0.2) is 31.2 Å². The first-order chi connectivity index (χ1) is 12.6. The third-order valence-electron chi connectivity index (χ3n) is 4.12. The Kier molecular flexibility index (Phi) is 5.86. The van der Waals surface area contributed by atoms with E-state index in [-0.39, 0.29) is 11.7 Å². The van der Waals surface area contributed by atoms with Crippen LogP contribution >= 0.6 is 0 Å². The minimum absolute atomic E-state index is 0.0860. The summed E-state index contributed by atoms with van der Waals surface area (Å²) in [6, 6.07) is 15.3. The van der Waals surface area contributed by atoms with Gasteiger partial charge >= 0.3 is 5.97 Å². The van der Waals surface area contributed by atoms with E-state index in [2.05, 4.69) is 0 Å². The van der Waals surface area contributed by atoms with E-state index < -0.39 is 18.0 Å². The Hall–Kier alpha value is -2.86. The predicted molar refractivity (Wildman–Crippen MR) is 94.7 cm³/mol. The lowest BCUT2D eigenvalue weighted by Gasteiger charge is -2.16. The van der Waals surface area contributed by atoms with Crippen LogP contribution in [-0.2, 0) is 14.3 Å². The van der Waals surface area contributed by atoms with Gasteiger partial charge in [-0.05, 0) is 31.0 Å². The van der Waals surface area contributed by atoms with Gasteiger partial charge in [-0.25, -0.2) is 4.79 Å². The van der Waals surface area contributed by atoms with Crippen LogP contribution in [0.3, 0.4) is 0 Å². The highest BCUT2D eigenvalue weighted by atomic mass is 16.5. The molecule has 2 aromatic carbocycles. The molecule has 0 unspecified atom stereocenters. The Labute approximate surface area is 151 Å². The molecule has 26 heavy (non-hydrogen) atoms. The van der Waals surface area contributed by atoms with E-state index in [0.29, 0.717) is 17.9 Å². The van der Waals surface area contributed by atoms with Gasteiger partial charge < -0.3 is 19.9 Å². The molecule has 2 aromatic rings. The summed E-state index contributed by atoms with van der Waals surface area (Å²) < 4.78 is 16.5. The lowest BCUT2D eigenvalue weighted by Crippen LogP contribution is -2.26. The van der Waals surface area contributed by atoms with Crippen LogP contribution in [0, 0.1) is 0 Å². The summed E-state index contributed by atoms with van der Waals surface area (Å²) in [6.07, 6.45) is 0.955. The maximum Gasteiger partial charge on any atom is 0.339 e. The van der Waals surface area contributed by atoms with Crippen LogP contribution < -0.4 is 10.5 Å². The topological polar surface area (TPSA) is 87.9 Å². The number of hydrogen-bond donors (Lipinski definition) is 1. The zero-order valence-corrected chi connectivity index (χ0v) is 14.3. The van der Waals surface area contributed by atoms with Crippen molar-refractivity contribution in [1.82, 2.24) is 0 Å². The van der Waals surface area contributed by atoms with Crippen LogP contribution in [0.2, 0.25) is 0 Å². The number of esters is 1. The highest BCUT2D eigenvalue weighted by molar-refractivity contribution is 5.92. The van der Waals surface area contributed by atoms with Gasteiger partial charge in [-0.3, -0.25) is 4.79 Å². The molecule has 1 heterocycles. The Bertz CT molecular complexity index is 756. The number of carbonyl (C=O) groups is 2. The molecule has 2 atom stereocenters. The minimum Gasteiger partial charge on any atom is -0.491 e. The SMILES string of the molecule is NC(=O)[C@@H](OC(=O)c1cccc(OC[C@H]2CCCO2)c1)c1ccccc1. The van der Waals surface area contributed by atoms with Crippen molar-refractivity contribution in [3.63, 3.8) is 0 Å². The molecule has 136 valence electrons. The molecular formula is C20H21NO5. The summed E-state index contributed by atoms with van der Waals surface area (Å²) in [5.74, 6) is -0.819. The van der Waals surface area contributed by atoms with Gasteiger partial charge in [0.05, 0.1) is 11.7 Å². The van der Waals surface area contributed by atoms with E-state index >= 15 is 0 Å². The molecule has 1 aliphatic rings. The molecule has 0 bridgehead atoms. The summed E-state index contributed by atoms with van der Waals surface area (Å²) in [5.41, 5.74) is 6.20. The van der Waals surface area contributed by atoms with Gasteiger partial charge in [0.25, 0.3) is 5.91 Å². The first-order valence-electron chi connectivity index (χ1n) is 8.53. The van der Waals surface area contributed by atoms with Crippen molar-refractivity contribution in [3.8, 4) is 5.75 Å². The van der Waals surface area contributed by atoms with Crippen molar-refractivity contribution >= 4 is 11.9 Å². The average Bonchev–Trinajstić information content (AvgIpc) is 3.18. The number of rotatable bonds is 7. The second-order valence-electron chi connectivity index (χ2n) is 6.07. The van der Waals surface area contributed by atoms with Crippen LogP contribution in [0.1, 0.15) is 34.9 Å². The molecule has 1 saturated heterocycles. The van der Waals surface area contributed by atoms with Crippen LogP contribution in [0.25, 0.3) is 0 Å². The second kappa shape index (κ2) is 8.49. The second-order valence-corrected chi connectivity index (χ2v) is 6.07. The Balaban J connectivity index is 1.66. The fraction of sp³-hybridized carbons (Fsp3) is 0.300. The zero-order chi connectivity index (χ0) is 18.4. The summed E-state index contributed by atoms with van der Waals surface area (Å²) >= 11 is 0. The van der Waals surface area contributed by atoms with Crippen molar-refractivity contribution < 1.29 is 23.8 Å². The summed E-state index contributed by atoms with van der Waals surface area (Å²) in [6.45, 7) is 1.20. The number of benzene rings is 2. The van der Waals surface area contributed by atoms with Gasteiger partial charge in [-0.1, -0.05) is 36.4 Å². The first kappa shape index (κ1) is 17.9. The molecule has 0 saturated carbocycles. The van der Waals surface area contributed by atoms with Crippen molar-refractivity contribution in [2.75, 3.05) is 13.2 Å². The molecule has 1 amide bonds. The lowest BCUT2D eigenvalue weighted by atomic mass is 10.1. The smallest absolute Gasteiger partial charge is 0.339 e. The van der Waals surface area contributed by atoms with E-state index in [1.807, 2.05) is 0 Å². The molecule has 1 fully saturated rings. The quantitative estimate of drug-likeness (QED) is 0.772. The third kappa shape index (κ3) is 4.61. The van der Waals surface area contributed by atoms with E-state index in [0.717, 1.165) is 19.4 Å². The van der Waals surface area contributed by atoms with Crippen molar-refractivity contribution in [2.45, 2.75) is 25.0 Å².